The number of amides is 2. The van der Waals surface area contributed by atoms with Crippen LogP contribution in [0.4, 0.5) is 0 Å². The molecule has 0 spiro atoms. The maximum Gasteiger partial charge on any atom is 0.270 e. The molecule has 1 atom stereocenters. The normalized spacial score (nSPS) is 16.3. The zero-order chi connectivity index (χ0) is 23.1. The van der Waals surface area contributed by atoms with Crippen LogP contribution in [0.25, 0.3) is 6.08 Å². The number of methoxy groups -OCH3 is 3. The first kappa shape index (κ1) is 23.2. The fourth-order valence-electron chi connectivity index (χ4n) is 3.87. The Morgan fingerprint density at radius 3 is 2.34 bits per heavy atom. The molecule has 0 aliphatic carbocycles. The van der Waals surface area contributed by atoms with Gasteiger partial charge in [0.05, 0.1) is 21.3 Å². The van der Waals surface area contributed by atoms with Gasteiger partial charge in [0.2, 0.25) is 5.75 Å². The van der Waals surface area contributed by atoms with Crippen molar-refractivity contribution < 1.29 is 23.8 Å². The second kappa shape index (κ2) is 10.7. The van der Waals surface area contributed by atoms with E-state index in [1.54, 1.807) is 54.5 Å². The fourth-order valence-corrected chi connectivity index (χ4v) is 3.87. The Morgan fingerprint density at radius 2 is 1.72 bits per heavy atom. The van der Waals surface area contributed by atoms with Gasteiger partial charge < -0.3 is 24.4 Å². The second-order valence-electron chi connectivity index (χ2n) is 7.80. The predicted molar refractivity (Wildman–Crippen MR) is 123 cm³/mol. The van der Waals surface area contributed by atoms with Gasteiger partial charge in [0, 0.05) is 24.2 Å². The Morgan fingerprint density at radius 1 is 1.00 bits per heavy atom. The second-order valence-corrected chi connectivity index (χ2v) is 7.80. The van der Waals surface area contributed by atoms with Gasteiger partial charge in [-0.2, -0.15) is 0 Å². The van der Waals surface area contributed by atoms with Crippen molar-refractivity contribution in [3.8, 4) is 17.2 Å². The molecule has 2 aromatic carbocycles. The van der Waals surface area contributed by atoms with Crippen molar-refractivity contribution in [2.45, 2.75) is 19.8 Å². The summed E-state index contributed by atoms with van der Waals surface area (Å²) < 4.78 is 16.4. The molecule has 32 heavy (non-hydrogen) atoms. The van der Waals surface area contributed by atoms with E-state index in [0.29, 0.717) is 47.4 Å². The van der Waals surface area contributed by atoms with Crippen molar-refractivity contribution in [2.75, 3.05) is 34.4 Å². The first-order chi connectivity index (χ1) is 15.5. The third-order valence-electron chi connectivity index (χ3n) is 5.49. The van der Waals surface area contributed by atoms with Crippen molar-refractivity contribution in [2.24, 2.45) is 5.92 Å². The van der Waals surface area contributed by atoms with Crippen LogP contribution in [0.5, 0.6) is 17.2 Å². The number of carbonyl (C=O) groups is 2. The molecule has 0 bridgehead atoms. The highest BCUT2D eigenvalue weighted by Gasteiger charge is 2.26. The van der Waals surface area contributed by atoms with Crippen LogP contribution in [0.2, 0.25) is 0 Å². The van der Waals surface area contributed by atoms with Crippen molar-refractivity contribution in [3.63, 3.8) is 0 Å². The van der Waals surface area contributed by atoms with Gasteiger partial charge in [-0.15, -0.1) is 0 Å². The number of ether oxygens (including phenoxy) is 3. The number of likely N-dealkylation sites (tertiary alicyclic amines) is 1. The molecule has 1 unspecified atom stereocenters. The highest BCUT2D eigenvalue weighted by Crippen LogP contribution is 2.40. The number of hydrogen-bond donors (Lipinski definition) is 1. The molecule has 2 amide bonds. The van der Waals surface area contributed by atoms with Gasteiger partial charge in [0.25, 0.3) is 11.8 Å². The van der Waals surface area contributed by atoms with Crippen LogP contribution in [0.3, 0.4) is 0 Å². The van der Waals surface area contributed by atoms with E-state index in [9.17, 15) is 9.59 Å². The van der Waals surface area contributed by atoms with E-state index >= 15 is 0 Å². The lowest BCUT2D eigenvalue weighted by Gasteiger charge is -2.31. The summed E-state index contributed by atoms with van der Waals surface area (Å²) in [6.07, 6.45) is 3.65. The van der Waals surface area contributed by atoms with Gasteiger partial charge in [-0.05, 0) is 49.1 Å². The number of hydrogen-bond acceptors (Lipinski definition) is 5. The standard InChI is InChI=1S/C25H30N2O5/c1-17-9-8-14-27(16-17)25(29)20(26-24(28)18-10-6-5-7-11-18)15-19-12-13-21(30-2)23(32-4)22(19)31-3/h5-7,10-13,15,17H,8-9,14,16H2,1-4H3,(H,26,28)/b20-15-. The van der Waals surface area contributed by atoms with E-state index in [0.717, 1.165) is 12.8 Å². The average molecular weight is 439 g/mol. The molecule has 2 aromatic rings. The molecule has 1 saturated heterocycles. The molecule has 0 radical (unpaired) electrons. The minimum Gasteiger partial charge on any atom is -0.493 e. The van der Waals surface area contributed by atoms with Crippen LogP contribution in [0, 0.1) is 5.92 Å². The zero-order valence-corrected chi connectivity index (χ0v) is 19.0. The maximum absolute atomic E-state index is 13.4. The SMILES string of the molecule is COc1ccc(/C=C(\NC(=O)c2ccccc2)C(=O)N2CCCC(C)C2)c(OC)c1OC. The summed E-state index contributed by atoms with van der Waals surface area (Å²) in [6.45, 7) is 3.44. The Hall–Kier alpha value is -3.48. The van der Waals surface area contributed by atoms with E-state index < -0.39 is 0 Å². The molecule has 1 aliphatic rings. The largest absolute Gasteiger partial charge is 0.493 e. The number of piperidine rings is 1. The molecule has 7 nitrogen and oxygen atoms in total. The third-order valence-corrected chi connectivity index (χ3v) is 5.49. The molecular weight excluding hydrogens is 408 g/mol. The molecular formula is C25H30N2O5. The van der Waals surface area contributed by atoms with Crippen molar-refractivity contribution in [1.82, 2.24) is 10.2 Å². The lowest BCUT2D eigenvalue weighted by molar-refractivity contribution is -0.129. The molecule has 0 saturated carbocycles. The first-order valence-electron chi connectivity index (χ1n) is 10.6. The summed E-state index contributed by atoms with van der Waals surface area (Å²) in [5.74, 6) is 1.17. The van der Waals surface area contributed by atoms with Crippen LogP contribution in [-0.4, -0.2) is 51.1 Å². The van der Waals surface area contributed by atoms with E-state index in [2.05, 4.69) is 12.2 Å². The van der Waals surface area contributed by atoms with Gasteiger partial charge in [0.1, 0.15) is 5.70 Å². The molecule has 0 aromatic heterocycles. The minimum absolute atomic E-state index is 0.179. The van der Waals surface area contributed by atoms with Crippen LogP contribution in [0.15, 0.2) is 48.2 Å². The minimum atomic E-state index is -0.352. The monoisotopic (exact) mass is 438 g/mol. The van der Waals surface area contributed by atoms with Crippen molar-refractivity contribution in [3.05, 3.63) is 59.3 Å². The summed E-state index contributed by atoms with van der Waals surface area (Å²) in [5.41, 5.74) is 1.24. The summed E-state index contributed by atoms with van der Waals surface area (Å²) in [7, 11) is 4.58. The van der Waals surface area contributed by atoms with E-state index in [1.807, 2.05) is 6.07 Å². The molecule has 1 aliphatic heterocycles. The summed E-state index contributed by atoms with van der Waals surface area (Å²) in [4.78, 5) is 28.1. The van der Waals surface area contributed by atoms with Gasteiger partial charge in [-0.1, -0.05) is 25.1 Å². The highest BCUT2D eigenvalue weighted by atomic mass is 16.5. The predicted octanol–water partition coefficient (Wildman–Crippen LogP) is 3.74. The van der Waals surface area contributed by atoms with Gasteiger partial charge >= 0.3 is 0 Å². The summed E-state index contributed by atoms with van der Waals surface area (Å²) in [6, 6.07) is 12.3. The maximum atomic E-state index is 13.4. The first-order valence-corrected chi connectivity index (χ1v) is 10.6. The van der Waals surface area contributed by atoms with Crippen molar-refractivity contribution >= 4 is 17.9 Å². The molecule has 1 N–H and O–H groups in total. The molecule has 170 valence electrons. The Balaban J connectivity index is 2.02. The lowest BCUT2D eigenvalue weighted by atomic mass is 10.00. The number of nitrogens with one attached hydrogen (secondary N) is 1. The van der Waals surface area contributed by atoms with Crippen LogP contribution in [-0.2, 0) is 4.79 Å². The highest BCUT2D eigenvalue weighted by molar-refractivity contribution is 6.05. The fraction of sp³-hybridized carbons (Fsp3) is 0.360. The smallest absolute Gasteiger partial charge is 0.270 e. The summed E-state index contributed by atoms with van der Waals surface area (Å²) in [5, 5.41) is 2.81. The zero-order valence-electron chi connectivity index (χ0n) is 19.0. The Kier molecular flexibility index (Phi) is 7.76. The topological polar surface area (TPSA) is 77.1 Å². The van der Waals surface area contributed by atoms with Gasteiger partial charge in [-0.25, -0.2) is 0 Å². The lowest BCUT2D eigenvalue weighted by Crippen LogP contribution is -2.43. The van der Waals surface area contributed by atoms with Crippen LogP contribution < -0.4 is 19.5 Å². The Bertz CT molecular complexity index is 987. The molecule has 7 heteroatoms. The number of nitrogens with zero attached hydrogens (tertiary/aromatic N) is 1. The number of rotatable bonds is 7. The van der Waals surface area contributed by atoms with E-state index in [4.69, 9.17) is 14.2 Å². The number of carbonyl (C=O) groups excluding carboxylic acids is 2. The molecule has 1 fully saturated rings. The molecule has 3 rings (SSSR count). The van der Waals surface area contributed by atoms with Gasteiger partial charge in [-0.3, -0.25) is 9.59 Å². The van der Waals surface area contributed by atoms with Crippen LogP contribution in [0.1, 0.15) is 35.7 Å². The Labute approximate surface area is 189 Å². The third kappa shape index (κ3) is 5.22. The quantitative estimate of drug-likeness (QED) is 0.667. The van der Waals surface area contributed by atoms with E-state index in [1.165, 1.54) is 14.2 Å². The van der Waals surface area contributed by atoms with Crippen molar-refractivity contribution in [1.29, 1.82) is 0 Å². The van der Waals surface area contributed by atoms with Gasteiger partial charge in [0.15, 0.2) is 11.5 Å². The van der Waals surface area contributed by atoms with E-state index in [-0.39, 0.29) is 17.5 Å². The number of benzene rings is 2. The van der Waals surface area contributed by atoms with Crippen LogP contribution >= 0.6 is 0 Å². The molecule has 1 heterocycles. The average Bonchev–Trinajstić information content (AvgIpc) is 2.83. The summed E-state index contributed by atoms with van der Waals surface area (Å²) >= 11 is 0.